The summed E-state index contributed by atoms with van der Waals surface area (Å²) >= 11 is 6.48. The molecule has 3 aromatic rings. The van der Waals surface area contributed by atoms with Gasteiger partial charge in [-0.1, -0.05) is 36.1 Å². The number of amides is 1. The maximum Gasteiger partial charge on any atom is 0.328 e. The Morgan fingerprint density at radius 3 is 2.52 bits per heavy atom. The summed E-state index contributed by atoms with van der Waals surface area (Å²) in [5, 5.41) is 0. The zero-order valence-electron chi connectivity index (χ0n) is 14.5. The number of imidazole rings is 1. The number of thiocarbonyl (C=S) groups is 1. The average molecular weight is 399 g/mol. The third-order valence-corrected chi connectivity index (χ3v) is 5.76. The Bertz CT molecular complexity index is 1210. The van der Waals surface area contributed by atoms with Crippen LogP contribution in [0.5, 0.6) is 0 Å². The van der Waals surface area contributed by atoms with Crippen LogP contribution in [0.4, 0.5) is 10.1 Å². The van der Waals surface area contributed by atoms with Gasteiger partial charge in [-0.15, -0.1) is 0 Å². The molecule has 0 spiro atoms. The van der Waals surface area contributed by atoms with Crippen molar-refractivity contribution in [3.05, 3.63) is 69.2 Å². The number of hydrogen-bond acceptors (Lipinski definition) is 4. The van der Waals surface area contributed by atoms with Crippen molar-refractivity contribution in [1.29, 1.82) is 0 Å². The summed E-state index contributed by atoms with van der Waals surface area (Å²) in [7, 11) is 3.42. The number of fused-ring (bicyclic) bond motifs is 1. The highest BCUT2D eigenvalue weighted by atomic mass is 32.2. The van der Waals surface area contributed by atoms with Crippen LogP contribution in [-0.2, 0) is 18.9 Å². The number of rotatable bonds is 2. The van der Waals surface area contributed by atoms with Gasteiger partial charge in [0.05, 0.1) is 21.6 Å². The zero-order chi connectivity index (χ0) is 19.3. The lowest BCUT2D eigenvalue weighted by atomic mass is 10.1. The molecule has 0 atom stereocenters. The summed E-state index contributed by atoms with van der Waals surface area (Å²) in [6, 6.07) is 11.3. The number of nitrogens with zero attached hydrogens (tertiary/aromatic N) is 3. The molecule has 8 heteroatoms. The predicted molar refractivity (Wildman–Crippen MR) is 110 cm³/mol. The highest BCUT2D eigenvalue weighted by Gasteiger charge is 2.33. The van der Waals surface area contributed by atoms with E-state index in [-0.39, 0.29) is 11.6 Å². The first-order valence-corrected chi connectivity index (χ1v) is 9.28. The topological polar surface area (TPSA) is 47.2 Å². The average Bonchev–Trinajstić information content (AvgIpc) is 3.03. The molecule has 136 valence electrons. The van der Waals surface area contributed by atoms with Gasteiger partial charge < -0.3 is 0 Å². The van der Waals surface area contributed by atoms with Gasteiger partial charge in [-0.05, 0) is 42.0 Å². The second-order valence-electron chi connectivity index (χ2n) is 6.15. The van der Waals surface area contributed by atoms with Gasteiger partial charge in [0, 0.05) is 14.1 Å². The fourth-order valence-corrected chi connectivity index (χ4v) is 4.37. The van der Waals surface area contributed by atoms with Gasteiger partial charge in [0.15, 0.2) is 4.32 Å². The van der Waals surface area contributed by atoms with Crippen LogP contribution in [0.2, 0.25) is 0 Å². The van der Waals surface area contributed by atoms with Crippen molar-refractivity contribution in [1.82, 2.24) is 9.13 Å². The third-order valence-electron chi connectivity index (χ3n) is 4.45. The van der Waals surface area contributed by atoms with Crippen molar-refractivity contribution in [2.75, 3.05) is 4.90 Å². The van der Waals surface area contributed by atoms with Gasteiger partial charge in [0.1, 0.15) is 5.82 Å². The summed E-state index contributed by atoms with van der Waals surface area (Å²) in [4.78, 5) is 26.6. The van der Waals surface area contributed by atoms with E-state index in [1.54, 1.807) is 35.4 Å². The van der Waals surface area contributed by atoms with E-state index in [0.29, 0.717) is 14.9 Å². The molecule has 1 aliphatic heterocycles. The van der Waals surface area contributed by atoms with E-state index >= 15 is 0 Å². The van der Waals surface area contributed by atoms with Crippen LogP contribution in [0, 0.1) is 5.82 Å². The summed E-state index contributed by atoms with van der Waals surface area (Å²) in [5.74, 6) is -0.723. The van der Waals surface area contributed by atoms with Gasteiger partial charge in [-0.25, -0.2) is 9.18 Å². The number of thioether (sulfide) groups is 1. The summed E-state index contributed by atoms with van der Waals surface area (Å²) in [6.45, 7) is 0. The molecule has 4 rings (SSSR count). The van der Waals surface area contributed by atoms with Crippen molar-refractivity contribution in [2.45, 2.75) is 0 Å². The monoisotopic (exact) mass is 399 g/mol. The SMILES string of the molecule is Cn1c(=O)n(C)c2cc(/C=C3\SC(=S)N(c4cccc(F)c4)C3=O)ccc21. The minimum Gasteiger partial charge on any atom is -0.295 e. The van der Waals surface area contributed by atoms with Crippen molar-refractivity contribution >= 4 is 57.0 Å². The molecular weight excluding hydrogens is 385 g/mol. The molecule has 1 saturated heterocycles. The smallest absolute Gasteiger partial charge is 0.295 e. The maximum atomic E-state index is 13.5. The summed E-state index contributed by atoms with van der Waals surface area (Å²) in [5.41, 5.74) is 2.66. The lowest BCUT2D eigenvalue weighted by Gasteiger charge is -2.14. The quantitative estimate of drug-likeness (QED) is 0.489. The normalized spacial score (nSPS) is 16.1. The first-order chi connectivity index (χ1) is 12.9. The second-order valence-corrected chi connectivity index (χ2v) is 7.82. The van der Waals surface area contributed by atoms with E-state index in [4.69, 9.17) is 12.2 Å². The molecule has 0 radical (unpaired) electrons. The Kier molecular flexibility index (Phi) is 4.24. The second kappa shape index (κ2) is 6.47. The minimum atomic E-state index is -0.430. The molecule has 0 aliphatic carbocycles. The number of aryl methyl sites for hydroxylation is 2. The number of halogens is 1. The van der Waals surface area contributed by atoms with Crippen LogP contribution in [-0.4, -0.2) is 19.4 Å². The Morgan fingerprint density at radius 1 is 1.04 bits per heavy atom. The van der Waals surface area contributed by atoms with Crippen LogP contribution in [0.15, 0.2) is 52.2 Å². The number of aromatic nitrogens is 2. The molecule has 0 N–H and O–H groups in total. The van der Waals surface area contributed by atoms with Crippen LogP contribution in [0.3, 0.4) is 0 Å². The van der Waals surface area contributed by atoms with Crippen LogP contribution < -0.4 is 10.6 Å². The Morgan fingerprint density at radius 2 is 1.78 bits per heavy atom. The van der Waals surface area contributed by atoms with E-state index in [2.05, 4.69) is 0 Å². The first kappa shape index (κ1) is 17.7. The Hall–Kier alpha value is -2.71. The summed E-state index contributed by atoms with van der Waals surface area (Å²) in [6.07, 6.45) is 1.73. The van der Waals surface area contributed by atoms with Gasteiger partial charge in [-0.2, -0.15) is 0 Å². The first-order valence-electron chi connectivity index (χ1n) is 8.06. The Balaban J connectivity index is 1.74. The fourth-order valence-electron chi connectivity index (χ4n) is 3.07. The van der Waals surface area contributed by atoms with Crippen molar-refractivity contribution in [3.63, 3.8) is 0 Å². The fraction of sp³-hybridized carbons (Fsp3) is 0.105. The van der Waals surface area contributed by atoms with E-state index in [1.165, 1.54) is 34.9 Å². The predicted octanol–water partition coefficient (Wildman–Crippen LogP) is 3.42. The minimum absolute atomic E-state index is 0.112. The molecule has 5 nitrogen and oxygen atoms in total. The zero-order valence-corrected chi connectivity index (χ0v) is 16.1. The molecular formula is C19H14FN3O2S2. The van der Waals surface area contributed by atoms with Gasteiger partial charge in [0.25, 0.3) is 5.91 Å². The van der Waals surface area contributed by atoms with Gasteiger partial charge in [0.2, 0.25) is 0 Å². The van der Waals surface area contributed by atoms with Crippen molar-refractivity contribution < 1.29 is 9.18 Å². The lowest BCUT2D eigenvalue weighted by Crippen LogP contribution is -2.27. The van der Waals surface area contributed by atoms with Gasteiger partial charge >= 0.3 is 5.69 Å². The third kappa shape index (κ3) is 2.90. The molecule has 27 heavy (non-hydrogen) atoms. The molecule has 1 aromatic heterocycles. The van der Waals surface area contributed by atoms with Crippen LogP contribution in [0.1, 0.15) is 5.56 Å². The lowest BCUT2D eigenvalue weighted by molar-refractivity contribution is -0.113. The summed E-state index contributed by atoms with van der Waals surface area (Å²) < 4.78 is 17.0. The standard InChI is InChI=1S/C19H14FN3O2S2/c1-21-14-7-6-11(8-15(14)22(2)18(21)25)9-16-17(24)23(19(26)27-16)13-5-3-4-12(20)10-13/h3-10H,1-2H3/b16-9-. The van der Waals surface area contributed by atoms with Crippen molar-refractivity contribution in [3.8, 4) is 0 Å². The number of anilines is 1. The largest absolute Gasteiger partial charge is 0.328 e. The molecule has 1 fully saturated rings. The number of carbonyl (C=O) groups excluding carboxylic acids is 1. The number of hydrogen-bond donors (Lipinski definition) is 0. The Labute approximate surface area is 163 Å². The van der Waals surface area contributed by atoms with Gasteiger partial charge in [-0.3, -0.25) is 18.8 Å². The molecule has 1 amide bonds. The van der Waals surface area contributed by atoms with E-state index < -0.39 is 5.82 Å². The number of benzene rings is 2. The molecule has 0 saturated carbocycles. The highest BCUT2D eigenvalue weighted by Crippen LogP contribution is 2.36. The van der Waals surface area contributed by atoms with E-state index in [1.807, 2.05) is 18.2 Å². The van der Waals surface area contributed by atoms with E-state index in [9.17, 15) is 14.0 Å². The molecule has 1 aliphatic rings. The van der Waals surface area contributed by atoms with Crippen molar-refractivity contribution in [2.24, 2.45) is 14.1 Å². The molecule has 0 bridgehead atoms. The highest BCUT2D eigenvalue weighted by molar-refractivity contribution is 8.27. The van der Waals surface area contributed by atoms with Crippen LogP contribution in [0.25, 0.3) is 17.1 Å². The number of carbonyl (C=O) groups is 1. The molecule has 0 unspecified atom stereocenters. The maximum absolute atomic E-state index is 13.5. The van der Waals surface area contributed by atoms with E-state index in [0.717, 1.165) is 16.6 Å². The molecule has 2 heterocycles. The van der Waals surface area contributed by atoms with Crippen LogP contribution >= 0.6 is 24.0 Å². The molecule has 2 aromatic carbocycles.